The molecule has 112 valence electrons. The van der Waals surface area contributed by atoms with E-state index in [1.165, 1.54) is 5.57 Å². The van der Waals surface area contributed by atoms with Crippen LogP contribution in [0, 0.1) is 0 Å². The summed E-state index contributed by atoms with van der Waals surface area (Å²) in [6, 6.07) is 6.16. The maximum Gasteiger partial charge on any atom is 0.164 e. The van der Waals surface area contributed by atoms with Crippen molar-refractivity contribution in [2.24, 2.45) is 5.73 Å². The van der Waals surface area contributed by atoms with E-state index in [0.29, 0.717) is 13.2 Å². The first-order valence-electron chi connectivity index (χ1n) is 7.34. The van der Waals surface area contributed by atoms with Gasteiger partial charge in [0, 0.05) is 6.04 Å². The Morgan fingerprint density at radius 2 is 2.00 bits per heavy atom. The topological polar surface area (TPSA) is 44.5 Å². The molecule has 0 amide bonds. The summed E-state index contributed by atoms with van der Waals surface area (Å²) in [7, 11) is 0. The largest absolute Gasteiger partial charge is 0.490 e. The lowest BCUT2D eigenvalue weighted by Gasteiger charge is -2.17. The van der Waals surface area contributed by atoms with Crippen LogP contribution in [0.3, 0.4) is 0 Å². The van der Waals surface area contributed by atoms with Gasteiger partial charge in [-0.05, 0) is 51.3 Å². The van der Waals surface area contributed by atoms with Crippen molar-refractivity contribution < 1.29 is 9.47 Å². The number of allylic oxidation sites excluding steroid dienone is 1. The van der Waals surface area contributed by atoms with Crippen LogP contribution in [0.5, 0.6) is 11.5 Å². The van der Waals surface area contributed by atoms with Gasteiger partial charge in [0.05, 0.1) is 6.61 Å². The van der Waals surface area contributed by atoms with Crippen molar-refractivity contribution in [2.45, 2.75) is 46.6 Å². The summed E-state index contributed by atoms with van der Waals surface area (Å²) in [5.41, 5.74) is 8.43. The van der Waals surface area contributed by atoms with Gasteiger partial charge in [-0.15, -0.1) is 0 Å². The molecule has 0 aromatic heterocycles. The molecule has 1 aromatic carbocycles. The van der Waals surface area contributed by atoms with E-state index < -0.39 is 0 Å². The molecule has 0 heterocycles. The Bertz CT molecular complexity index is 437. The molecule has 1 rings (SSSR count). The van der Waals surface area contributed by atoms with Crippen molar-refractivity contribution >= 4 is 0 Å². The second-order valence-electron chi connectivity index (χ2n) is 5.14. The molecular weight excluding hydrogens is 250 g/mol. The lowest BCUT2D eigenvalue weighted by Crippen LogP contribution is -2.21. The molecule has 0 saturated heterocycles. The average Bonchev–Trinajstić information content (AvgIpc) is 2.41. The molecule has 20 heavy (non-hydrogen) atoms. The first kappa shape index (κ1) is 16.6. The van der Waals surface area contributed by atoms with E-state index in [1.807, 2.05) is 19.1 Å². The van der Waals surface area contributed by atoms with Gasteiger partial charge in [-0.2, -0.15) is 0 Å². The normalized spacial score (nSPS) is 11.8. The quantitative estimate of drug-likeness (QED) is 0.737. The third-order valence-corrected chi connectivity index (χ3v) is 3.09. The van der Waals surface area contributed by atoms with Gasteiger partial charge in [0.2, 0.25) is 0 Å². The Morgan fingerprint density at radius 1 is 1.25 bits per heavy atom. The summed E-state index contributed by atoms with van der Waals surface area (Å²) < 4.78 is 11.6. The van der Waals surface area contributed by atoms with Gasteiger partial charge >= 0.3 is 0 Å². The fourth-order valence-electron chi connectivity index (χ4n) is 1.87. The van der Waals surface area contributed by atoms with E-state index in [4.69, 9.17) is 15.2 Å². The highest BCUT2D eigenvalue weighted by Crippen LogP contribution is 2.32. The van der Waals surface area contributed by atoms with Crippen molar-refractivity contribution in [3.05, 3.63) is 35.4 Å². The van der Waals surface area contributed by atoms with Gasteiger partial charge in [0.25, 0.3) is 0 Å². The Kier molecular flexibility index (Phi) is 7.16. The van der Waals surface area contributed by atoms with E-state index >= 15 is 0 Å². The molecule has 3 heteroatoms. The highest BCUT2D eigenvalue weighted by Gasteiger charge is 2.13. The lowest BCUT2D eigenvalue weighted by atomic mass is 10.0. The van der Waals surface area contributed by atoms with Gasteiger partial charge in [-0.3, -0.25) is 0 Å². The van der Waals surface area contributed by atoms with Crippen LogP contribution in [0.1, 0.15) is 39.7 Å². The average molecular weight is 277 g/mol. The van der Waals surface area contributed by atoms with Crippen LogP contribution in [-0.2, 0) is 6.42 Å². The summed E-state index contributed by atoms with van der Waals surface area (Å²) in [5.74, 6) is 1.63. The molecule has 0 spiro atoms. The van der Waals surface area contributed by atoms with Crippen molar-refractivity contribution in [3.63, 3.8) is 0 Å². The van der Waals surface area contributed by atoms with Crippen molar-refractivity contribution in [3.8, 4) is 11.5 Å². The Labute approximate surface area is 122 Å². The molecule has 1 unspecified atom stereocenters. The molecule has 0 fully saturated rings. The number of hydrogen-bond acceptors (Lipinski definition) is 3. The van der Waals surface area contributed by atoms with E-state index in [0.717, 1.165) is 29.9 Å². The zero-order valence-electron chi connectivity index (χ0n) is 13.1. The first-order chi connectivity index (χ1) is 9.58. The summed E-state index contributed by atoms with van der Waals surface area (Å²) in [6.45, 7) is 9.38. The Hall–Kier alpha value is -1.48. The molecule has 0 aliphatic rings. The number of para-hydroxylation sites is 1. The second kappa shape index (κ2) is 8.64. The van der Waals surface area contributed by atoms with Crippen LogP contribution in [-0.4, -0.2) is 19.3 Å². The second-order valence-corrected chi connectivity index (χ2v) is 5.14. The predicted molar refractivity (Wildman–Crippen MR) is 84.5 cm³/mol. The fourth-order valence-corrected chi connectivity index (χ4v) is 1.87. The molecule has 0 aliphatic carbocycles. The minimum Gasteiger partial charge on any atom is -0.490 e. The smallest absolute Gasteiger partial charge is 0.164 e. The van der Waals surface area contributed by atoms with Gasteiger partial charge in [-0.25, -0.2) is 0 Å². The van der Waals surface area contributed by atoms with Gasteiger partial charge < -0.3 is 15.2 Å². The molecule has 0 radical (unpaired) electrons. The van der Waals surface area contributed by atoms with Crippen LogP contribution in [0.15, 0.2) is 29.8 Å². The molecule has 3 nitrogen and oxygen atoms in total. The number of hydrogen-bond donors (Lipinski definition) is 1. The van der Waals surface area contributed by atoms with Crippen LogP contribution in [0.25, 0.3) is 0 Å². The van der Waals surface area contributed by atoms with E-state index in [2.05, 4.69) is 32.9 Å². The highest BCUT2D eigenvalue weighted by atomic mass is 16.5. The molecule has 1 atom stereocenters. The summed E-state index contributed by atoms with van der Waals surface area (Å²) in [4.78, 5) is 0. The molecule has 0 bridgehead atoms. The monoisotopic (exact) mass is 277 g/mol. The third-order valence-electron chi connectivity index (χ3n) is 3.09. The third kappa shape index (κ3) is 5.25. The number of nitrogens with two attached hydrogens (primary N) is 1. The fraction of sp³-hybridized carbons (Fsp3) is 0.529. The summed E-state index contributed by atoms with van der Waals surface area (Å²) in [5, 5.41) is 0. The Balaban J connectivity index is 2.96. The first-order valence-corrected chi connectivity index (χ1v) is 7.34. The summed E-state index contributed by atoms with van der Waals surface area (Å²) in [6.07, 6.45) is 3.82. The Morgan fingerprint density at radius 3 is 2.60 bits per heavy atom. The maximum atomic E-state index is 6.07. The number of ether oxygens (including phenoxy) is 2. The summed E-state index contributed by atoms with van der Waals surface area (Å²) >= 11 is 0. The van der Waals surface area contributed by atoms with Crippen LogP contribution in [0.2, 0.25) is 0 Å². The van der Waals surface area contributed by atoms with Gasteiger partial charge in [-0.1, -0.05) is 24.6 Å². The van der Waals surface area contributed by atoms with E-state index in [-0.39, 0.29) is 6.04 Å². The maximum absolute atomic E-state index is 6.07. The minimum absolute atomic E-state index is 0.151. The van der Waals surface area contributed by atoms with Crippen molar-refractivity contribution in [1.82, 2.24) is 0 Å². The van der Waals surface area contributed by atoms with Crippen LogP contribution >= 0.6 is 0 Å². The lowest BCUT2D eigenvalue weighted by molar-refractivity contribution is 0.293. The SMILES string of the molecule is CCOc1cccc(CC(N)CC)c1OCC=C(C)C. The van der Waals surface area contributed by atoms with Crippen LogP contribution in [0.4, 0.5) is 0 Å². The number of rotatable bonds is 8. The highest BCUT2D eigenvalue weighted by molar-refractivity contribution is 5.47. The minimum atomic E-state index is 0.151. The van der Waals surface area contributed by atoms with E-state index in [9.17, 15) is 0 Å². The zero-order chi connectivity index (χ0) is 15.0. The molecule has 2 N–H and O–H groups in total. The molecule has 0 aliphatic heterocycles. The standard InChI is InChI=1S/C17H27NO2/c1-5-15(18)12-14-8-7-9-16(19-6-2)17(14)20-11-10-13(3)4/h7-10,15H,5-6,11-12,18H2,1-4H3. The van der Waals surface area contributed by atoms with E-state index in [1.54, 1.807) is 0 Å². The van der Waals surface area contributed by atoms with Crippen molar-refractivity contribution in [2.75, 3.05) is 13.2 Å². The molecular formula is C17H27NO2. The molecule has 0 saturated carbocycles. The zero-order valence-corrected chi connectivity index (χ0v) is 13.1. The molecule has 1 aromatic rings. The van der Waals surface area contributed by atoms with Crippen LogP contribution < -0.4 is 15.2 Å². The number of benzene rings is 1. The van der Waals surface area contributed by atoms with Gasteiger partial charge in [0.1, 0.15) is 6.61 Å². The van der Waals surface area contributed by atoms with Gasteiger partial charge in [0.15, 0.2) is 11.5 Å². The van der Waals surface area contributed by atoms with Crippen molar-refractivity contribution in [1.29, 1.82) is 0 Å². The predicted octanol–water partition coefficient (Wildman–Crippen LogP) is 3.71.